The van der Waals surface area contributed by atoms with Crippen molar-refractivity contribution in [3.63, 3.8) is 0 Å². The first-order valence-corrected chi connectivity index (χ1v) is 6.53. The molecule has 0 spiro atoms. The molecular weight excluding hydrogens is 240 g/mol. The Labute approximate surface area is 112 Å². The van der Waals surface area contributed by atoms with Crippen LogP contribution in [0.2, 0.25) is 0 Å². The zero-order valence-electron chi connectivity index (χ0n) is 11.5. The Morgan fingerprint density at radius 1 is 1.37 bits per heavy atom. The molecule has 1 aromatic heterocycles. The Kier molecular flexibility index (Phi) is 3.90. The van der Waals surface area contributed by atoms with Crippen molar-refractivity contribution in [2.24, 2.45) is 5.92 Å². The summed E-state index contributed by atoms with van der Waals surface area (Å²) in [5.74, 6) is 0.0576. The fraction of sp³-hybridized carbons (Fsp3) is 0.400. The summed E-state index contributed by atoms with van der Waals surface area (Å²) in [7, 11) is 0. The molecule has 0 unspecified atom stereocenters. The van der Waals surface area contributed by atoms with E-state index in [1.807, 2.05) is 45.0 Å². The maximum Gasteiger partial charge on any atom is 0.254 e. The highest BCUT2D eigenvalue weighted by molar-refractivity contribution is 6.08. The number of benzene rings is 1. The second kappa shape index (κ2) is 5.45. The normalized spacial score (nSPS) is 12.9. The van der Waals surface area contributed by atoms with Gasteiger partial charge in [0.15, 0.2) is 0 Å². The molecule has 0 bridgehead atoms. The standard InChI is InChI=1S/C15H20N2O2/c1-9(2)13(8-18)17-15(19)14-10(3)16-12-7-5-4-6-11(12)14/h4-7,9,13,16,18H,8H2,1-3H3,(H,17,19)/t13-/m1/s1. The van der Waals surface area contributed by atoms with Gasteiger partial charge in [-0.1, -0.05) is 32.0 Å². The van der Waals surface area contributed by atoms with E-state index >= 15 is 0 Å². The zero-order chi connectivity index (χ0) is 14.0. The number of carbonyl (C=O) groups excluding carboxylic acids is 1. The van der Waals surface area contributed by atoms with Gasteiger partial charge < -0.3 is 15.4 Å². The van der Waals surface area contributed by atoms with Gasteiger partial charge in [0, 0.05) is 16.6 Å². The van der Waals surface area contributed by atoms with Gasteiger partial charge in [0.2, 0.25) is 0 Å². The van der Waals surface area contributed by atoms with Gasteiger partial charge in [0.1, 0.15) is 0 Å². The molecule has 0 radical (unpaired) electrons. The SMILES string of the molecule is Cc1[nH]c2ccccc2c1C(=O)N[C@H](CO)C(C)C. The van der Waals surface area contributed by atoms with Gasteiger partial charge in [-0.05, 0) is 18.9 Å². The van der Waals surface area contributed by atoms with Crippen molar-refractivity contribution in [2.75, 3.05) is 6.61 Å². The van der Waals surface area contributed by atoms with Crippen molar-refractivity contribution in [1.82, 2.24) is 10.3 Å². The zero-order valence-corrected chi connectivity index (χ0v) is 11.5. The maximum atomic E-state index is 12.4. The molecule has 19 heavy (non-hydrogen) atoms. The van der Waals surface area contributed by atoms with Gasteiger partial charge in [0.05, 0.1) is 18.2 Å². The third-order valence-corrected chi connectivity index (χ3v) is 3.44. The molecule has 0 saturated carbocycles. The van der Waals surface area contributed by atoms with Gasteiger partial charge in [0.25, 0.3) is 5.91 Å². The van der Waals surface area contributed by atoms with E-state index in [0.29, 0.717) is 5.56 Å². The lowest BCUT2D eigenvalue weighted by Gasteiger charge is -2.19. The number of rotatable bonds is 4. The molecule has 1 aromatic carbocycles. The molecule has 4 heteroatoms. The Morgan fingerprint density at radius 2 is 2.05 bits per heavy atom. The molecule has 2 aromatic rings. The predicted molar refractivity (Wildman–Crippen MR) is 76.2 cm³/mol. The van der Waals surface area contributed by atoms with Crippen LogP contribution in [0.5, 0.6) is 0 Å². The molecule has 0 saturated heterocycles. The maximum absolute atomic E-state index is 12.4. The van der Waals surface area contributed by atoms with E-state index in [4.69, 9.17) is 0 Å². The topological polar surface area (TPSA) is 65.1 Å². The number of aryl methyl sites for hydroxylation is 1. The number of H-pyrrole nitrogens is 1. The van der Waals surface area contributed by atoms with Crippen LogP contribution in [0.4, 0.5) is 0 Å². The van der Waals surface area contributed by atoms with Gasteiger partial charge in [-0.2, -0.15) is 0 Å². The highest BCUT2D eigenvalue weighted by Crippen LogP contribution is 2.22. The Hall–Kier alpha value is -1.81. The summed E-state index contributed by atoms with van der Waals surface area (Å²) in [4.78, 5) is 15.6. The Morgan fingerprint density at radius 3 is 2.68 bits per heavy atom. The third kappa shape index (κ3) is 2.63. The van der Waals surface area contributed by atoms with Crippen molar-refractivity contribution in [3.8, 4) is 0 Å². The first-order chi connectivity index (χ1) is 9.04. The number of nitrogens with one attached hydrogen (secondary N) is 2. The molecule has 0 aliphatic carbocycles. The molecule has 3 N–H and O–H groups in total. The van der Waals surface area contributed by atoms with E-state index in [9.17, 15) is 9.90 Å². The van der Waals surface area contributed by atoms with E-state index in [-0.39, 0.29) is 24.5 Å². The molecule has 4 nitrogen and oxygen atoms in total. The average Bonchev–Trinajstić information content (AvgIpc) is 2.71. The number of aliphatic hydroxyl groups excluding tert-OH is 1. The summed E-state index contributed by atoms with van der Waals surface area (Å²) < 4.78 is 0. The lowest BCUT2D eigenvalue weighted by molar-refractivity contribution is 0.0898. The summed E-state index contributed by atoms with van der Waals surface area (Å²) in [6, 6.07) is 7.51. The number of hydrogen-bond donors (Lipinski definition) is 3. The highest BCUT2D eigenvalue weighted by atomic mass is 16.3. The summed E-state index contributed by atoms with van der Waals surface area (Å²) in [5, 5.41) is 13.1. The van der Waals surface area contributed by atoms with Crippen LogP contribution >= 0.6 is 0 Å². The minimum absolute atomic E-state index is 0.0508. The molecule has 0 aliphatic rings. The predicted octanol–water partition coefficient (Wildman–Crippen LogP) is 2.22. The second-order valence-electron chi connectivity index (χ2n) is 5.18. The van der Waals surface area contributed by atoms with Crippen molar-refractivity contribution in [1.29, 1.82) is 0 Å². The molecule has 0 aliphatic heterocycles. The van der Waals surface area contributed by atoms with E-state index in [1.54, 1.807) is 0 Å². The lowest BCUT2D eigenvalue weighted by Crippen LogP contribution is -2.41. The number of aromatic amines is 1. The average molecular weight is 260 g/mol. The quantitative estimate of drug-likeness (QED) is 0.789. The van der Waals surface area contributed by atoms with Crippen molar-refractivity contribution in [3.05, 3.63) is 35.5 Å². The van der Waals surface area contributed by atoms with E-state index in [0.717, 1.165) is 16.6 Å². The molecule has 102 valence electrons. The van der Waals surface area contributed by atoms with Crippen LogP contribution in [0.3, 0.4) is 0 Å². The van der Waals surface area contributed by atoms with Crippen LogP contribution in [-0.2, 0) is 0 Å². The molecular formula is C15H20N2O2. The first-order valence-electron chi connectivity index (χ1n) is 6.53. The fourth-order valence-electron chi connectivity index (χ4n) is 2.23. The summed E-state index contributed by atoms with van der Waals surface area (Å²) in [6.45, 7) is 5.79. The minimum atomic E-state index is -0.222. The number of hydrogen-bond acceptors (Lipinski definition) is 2. The molecule has 1 atom stereocenters. The largest absolute Gasteiger partial charge is 0.394 e. The molecule has 1 amide bonds. The third-order valence-electron chi connectivity index (χ3n) is 3.44. The number of amides is 1. The van der Waals surface area contributed by atoms with Crippen LogP contribution in [0.25, 0.3) is 10.9 Å². The van der Waals surface area contributed by atoms with Crippen LogP contribution < -0.4 is 5.32 Å². The van der Waals surface area contributed by atoms with Crippen LogP contribution in [0.15, 0.2) is 24.3 Å². The number of fused-ring (bicyclic) bond motifs is 1. The second-order valence-corrected chi connectivity index (χ2v) is 5.18. The van der Waals surface area contributed by atoms with Crippen LogP contribution in [0, 0.1) is 12.8 Å². The monoisotopic (exact) mass is 260 g/mol. The Balaban J connectivity index is 2.33. The Bertz CT molecular complexity index is 587. The van der Waals surface area contributed by atoms with Crippen LogP contribution in [0.1, 0.15) is 29.9 Å². The summed E-state index contributed by atoms with van der Waals surface area (Å²) in [6.07, 6.45) is 0. The lowest BCUT2D eigenvalue weighted by atomic mass is 10.0. The minimum Gasteiger partial charge on any atom is -0.394 e. The highest BCUT2D eigenvalue weighted by Gasteiger charge is 2.20. The van der Waals surface area contributed by atoms with E-state index < -0.39 is 0 Å². The number of aromatic nitrogens is 1. The summed E-state index contributed by atoms with van der Waals surface area (Å²) >= 11 is 0. The van der Waals surface area contributed by atoms with Crippen molar-refractivity contribution < 1.29 is 9.90 Å². The van der Waals surface area contributed by atoms with Gasteiger partial charge in [-0.15, -0.1) is 0 Å². The number of para-hydroxylation sites is 1. The first kappa shape index (κ1) is 13.6. The van der Waals surface area contributed by atoms with Crippen molar-refractivity contribution in [2.45, 2.75) is 26.8 Å². The number of aliphatic hydroxyl groups is 1. The van der Waals surface area contributed by atoms with E-state index in [1.165, 1.54) is 0 Å². The number of carbonyl (C=O) groups is 1. The molecule has 0 fully saturated rings. The smallest absolute Gasteiger partial charge is 0.254 e. The van der Waals surface area contributed by atoms with Gasteiger partial charge in [-0.3, -0.25) is 4.79 Å². The van der Waals surface area contributed by atoms with Crippen LogP contribution in [-0.4, -0.2) is 28.6 Å². The van der Waals surface area contributed by atoms with E-state index in [2.05, 4.69) is 10.3 Å². The summed E-state index contributed by atoms with van der Waals surface area (Å²) in [5.41, 5.74) is 2.46. The van der Waals surface area contributed by atoms with Crippen molar-refractivity contribution >= 4 is 16.8 Å². The fourth-order valence-corrected chi connectivity index (χ4v) is 2.23. The van der Waals surface area contributed by atoms with Gasteiger partial charge in [-0.25, -0.2) is 0 Å². The molecule has 2 rings (SSSR count). The van der Waals surface area contributed by atoms with Gasteiger partial charge >= 0.3 is 0 Å². The molecule has 1 heterocycles.